The van der Waals surface area contributed by atoms with Gasteiger partial charge in [-0.05, 0) is 41.4 Å². The zero-order valence-electron chi connectivity index (χ0n) is 18.3. The van der Waals surface area contributed by atoms with E-state index in [0.29, 0.717) is 0 Å². The minimum atomic E-state index is -2.01. The summed E-state index contributed by atoms with van der Waals surface area (Å²) >= 11 is 0. The van der Waals surface area contributed by atoms with Crippen LogP contribution in [0.25, 0.3) is 0 Å². The third kappa shape index (κ3) is 6.91. The summed E-state index contributed by atoms with van der Waals surface area (Å²) in [6.45, 7) is 10.9. The molecule has 0 aliphatic rings. The van der Waals surface area contributed by atoms with Crippen molar-refractivity contribution in [3.63, 3.8) is 0 Å². The Bertz CT molecular complexity index is 861. The van der Waals surface area contributed by atoms with Crippen LogP contribution in [0.1, 0.15) is 31.9 Å². The fourth-order valence-electron chi connectivity index (χ4n) is 2.53. The molecule has 0 heterocycles. The molecule has 2 aromatic carbocycles. The molecule has 7 heteroatoms. The van der Waals surface area contributed by atoms with E-state index in [-0.39, 0.29) is 18.1 Å². The molecule has 6 nitrogen and oxygen atoms in total. The molecule has 1 unspecified atom stereocenters. The van der Waals surface area contributed by atoms with E-state index in [1.165, 1.54) is 0 Å². The van der Waals surface area contributed by atoms with Gasteiger partial charge < -0.3 is 19.6 Å². The molecule has 2 rings (SSSR count). The van der Waals surface area contributed by atoms with Gasteiger partial charge in [-0.25, -0.2) is 9.59 Å². The average Bonchev–Trinajstić information content (AvgIpc) is 2.65. The van der Waals surface area contributed by atoms with E-state index in [1.54, 1.807) is 0 Å². The second-order valence-electron chi connectivity index (χ2n) is 8.81. The number of carbonyl (C=O) groups excluding carboxylic acids is 1. The van der Waals surface area contributed by atoms with Crippen molar-refractivity contribution >= 4 is 20.4 Å². The number of amides is 1. The number of rotatable bonds is 8. The van der Waals surface area contributed by atoms with Gasteiger partial charge in [0.05, 0.1) is 0 Å². The van der Waals surface area contributed by atoms with Gasteiger partial charge in [-0.3, -0.25) is 0 Å². The van der Waals surface area contributed by atoms with Crippen LogP contribution in [0, 0.1) is 0 Å². The number of hydrogen-bond acceptors (Lipinski definition) is 4. The monoisotopic (exact) mass is 429 g/mol. The molecular weight excluding hydrogens is 398 g/mol. The predicted molar refractivity (Wildman–Crippen MR) is 119 cm³/mol. The Morgan fingerprint density at radius 2 is 1.67 bits per heavy atom. The van der Waals surface area contributed by atoms with Crippen LogP contribution < -0.4 is 9.74 Å². The highest BCUT2D eigenvalue weighted by Gasteiger charge is 2.39. The molecule has 30 heavy (non-hydrogen) atoms. The van der Waals surface area contributed by atoms with Crippen molar-refractivity contribution in [2.24, 2.45) is 0 Å². The number of alkyl carbamates (subject to hydrolysis) is 1. The average molecular weight is 430 g/mol. The molecule has 0 fully saturated rings. The molecule has 0 saturated carbocycles. The summed E-state index contributed by atoms with van der Waals surface area (Å²) in [4.78, 5) is 23.7. The third-order valence-electron chi connectivity index (χ3n) is 5.32. The fraction of sp³-hybridized carbons (Fsp3) is 0.391. The molecule has 2 aromatic rings. The lowest BCUT2D eigenvalue weighted by Crippen LogP contribution is -2.44. The summed E-state index contributed by atoms with van der Waals surface area (Å²) in [6, 6.07) is 15.5. The topological polar surface area (TPSA) is 84.9 Å². The van der Waals surface area contributed by atoms with Gasteiger partial charge in [0.1, 0.15) is 18.4 Å². The lowest BCUT2D eigenvalue weighted by Gasteiger charge is -2.36. The SMILES string of the molecule is CC(C)(C)[Si](C)(C)Oc1cccc(CC(NC(=O)OCc2ccccc2)C(=O)O)c1. The first-order valence-corrected chi connectivity index (χ1v) is 12.9. The van der Waals surface area contributed by atoms with Crippen LogP contribution in [0.5, 0.6) is 5.75 Å². The van der Waals surface area contributed by atoms with Gasteiger partial charge in [-0.2, -0.15) is 0 Å². The van der Waals surface area contributed by atoms with Crippen LogP contribution in [0.2, 0.25) is 18.1 Å². The maximum absolute atomic E-state index is 12.1. The van der Waals surface area contributed by atoms with Gasteiger partial charge in [-0.15, -0.1) is 0 Å². The van der Waals surface area contributed by atoms with E-state index in [2.05, 4.69) is 39.2 Å². The normalized spacial score (nSPS) is 12.7. The molecule has 162 valence electrons. The second-order valence-corrected chi connectivity index (χ2v) is 13.5. The highest BCUT2D eigenvalue weighted by Crippen LogP contribution is 2.37. The van der Waals surface area contributed by atoms with Gasteiger partial charge in [-0.1, -0.05) is 63.2 Å². The van der Waals surface area contributed by atoms with Gasteiger partial charge in [0.2, 0.25) is 8.32 Å². The highest BCUT2D eigenvalue weighted by atomic mass is 28.4. The van der Waals surface area contributed by atoms with E-state index in [1.807, 2.05) is 54.6 Å². The van der Waals surface area contributed by atoms with Crippen molar-refractivity contribution in [3.8, 4) is 5.75 Å². The van der Waals surface area contributed by atoms with E-state index in [0.717, 1.165) is 16.9 Å². The fourth-order valence-corrected chi connectivity index (χ4v) is 3.55. The predicted octanol–water partition coefficient (Wildman–Crippen LogP) is 4.99. The number of nitrogens with one attached hydrogen (secondary N) is 1. The van der Waals surface area contributed by atoms with Gasteiger partial charge >= 0.3 is 12.1 Å². The Kier molecular flexibility index (Phi) is 7.67. The van der Waals surface area contributed by atoms with E-state index < -0.39 is 26.4 Å². The van der Waals surface area contributed by atoms with Crippen LogP contribution in [0.15, 0.2) is 54.6 Å². The Morgan fingerprint density at radius 3 is 2.27 bits per heavy atom. The van der Waals surface area contributed by atoms with Gasteiger partial charge in [0, 0.05) is 6.42 Å². The molecule has 0 spiro atoms. The molecular formula is C23H31NO5Si. The van der Waals surface area contributed by atoms with Crippen molar-refractivity contribution in [1.29, 1.82) is 0 Å². The molecule has 0 radical (unpaired) electrons. The molecule has 1 amide bonds. The summed E-state index contributed by atoms with van der Waals surface area (Å²) < 4.78 is 11.4. The Hall–Kier alpha value is -2.80. The lowest BCUT2D eigenvalue weighted by molar-refractivity contribution is -0.139. The van der Waals surface area contributed by atoms with Crippen molar-refractivity contribution < 1.29 is 23.9 Å². The minimum Gasteiger partial charge on any atom is -0.543 e. The number of carbonyl (C=O) groups is 2. The number of carboxylic acid groups (broad SMARTS) is 1. The van der Waals surface area contributed by atoms with Crippen LogP contribution in [0.4, 0.5) is 4.79 Å². The van der Waals surface area contributed by atoms with E-state index in [9.17, 15) is 14.7 Å². The third-order valence-corrected chi connectivity index (χ3v) is 9.68. The number of hydrogen-bond donors (Lipinski definition) is 2. The Morgan fingerprint density at radius 1 is 1.03 bits per heavy atom. The lowest BCUT2D eigenvalue weighted by atomic mass is 10.1. The van der Waals surface area contributed by atoms with Gasteiger partial charge in [0.15, 0.2) is 0 Å². The standard InChI is InChI=1S/C23H31NO5Si/c1-23(2,3)30(4,5)29-19-13-9-12-18(14-19)15-20(21(25)26)24-22(27)28-16-17-10-7-6-8-11-17/h6-14,20H,15-16H2,1-5H3,(H,24,27)(H,25,26). The van der Waals surface area contributed by atoms with Crippen molar-refractivity contribution in [1.82, 2.24) is 5.32 Å². The first kappa shape index (κ1) is 23.5. The quantitative estimate of drug-likeness (QED) is 0.577. The molecule has 0 aromatic heterocycles. The van der Waals surface area contributed by atoms with Crippen LogP contribution in [-0.2, 0) is 22.6 Å². The van der Waals surface area contributed by atoms with Crippen LogP contribution in [-0.4, -0.2) is 31.5 Å². The van der Waals surface area contributed by atoms with Crippen molar-refractivity contribution in [2.75, 3.05) is 0 Å². The largest absolute Gasteiger partial charge is 0.543 e. The summed E-state index contributed by atoms with van der Waals surface area (Å²) in [6.07, 6.45) is -0.635. The van der Waals surface area contributed by atoms with E-state index in [4.69, 9.17) is 9.16 Å². The maximum Gasteiger partial charge on any atom is 0.408 e. The second kappa shape index (κ2) is 9.80. The summed E-state index contributed by atoms with van der Waals surface area (Å²) in [5.41, 5.74) is 1.59. The number of carboxylic acids is 1. The number of benzene rings is 2. The Balaban J connectivity index is 2.01. The first-order valence-electron chi connectivity index (χ1n) is 9.96. The number of ether oxygens (including phenoxy) is 1. The summed E-state index contributed by atoms with van der Waals surface area (Å²) in [5.74, 6) is -0.405. The smallest absolute Gasteiger partial charge is 0.408 e. The number of aliphatic carboxylic acids is 1. The molecule has 0 saturated heterocycles. The van der Waals surface area contributed by atoms with Crippen LogP contribution >= 0.6 is 0 Å². The van der Waals surface area contributed by atoms with Gasteiger partial charge in [0.25, 0.3) is 0 Å². The van der Waals surface area contributed by atoms with Crippen molar-refractivity contribution in [2.45, 2.75) is 58.0 Å². The maximum atomic E-state index is 12.1. The van der Waals surface area contributed by atoms with Crippen molar-refractivity contribution in [3.05, 3.63) is 65.7 Å². The molecule has 0 aliphatic carbocycles. The minimum absolute atomic E-state index is 0.0523. The molecule has 0 aliphatic heterocycles. The molecule has 0 bridgehead atoms. The van der Waals surface area contributed by atoms with E-state index >= 15 is 0 Å². The zero-order valence-corrected chi connectivity index (χ0v) is 19.3. The zero-order chi connectivity index (χ0) is 22.4. The summed E-state index contributed by atoms with van der Waals surface area (Å²) in [5, 5.41) is 12.0. The molecule has 2 N–H and O–H groups in total. The Labute approximate surface area is 179 Å². The molecule has 1 atom stereocenters. The van der Waals surface area contributed by atoms with Crippen LogP contribution in [0.3, 0.4) is 0 Å². The summed E-state index contributed by atoms with van der Waals surface area (Å²) in [7, 11) is -2.01. The first-order chi connectivity index (χ1) is 14.0. The highest BCUT2D eigenvalue weighted by molar-refractivity contribution is 6.74.